The van der Waals surface area contributed by atoms with E-state index in [0.29, 0.717) is 26.1 Å². The predicted molar refractivity (Wildman–Crippen MR) is 152 cm³/mol. The minimum Gasteiger partial charge on any atom is -0.443 e. The molecule has 2 fully saturated rings. The number of fused-ring (bicyclic) bond motifs is 1. The molecule has 0 radical (unpaired) electrons. The minimum atomic E-state index is -4.93. The smallest absolute Gasteiger partial charge is 0.419 e. The molecule has 1 unspecified atom stereocenters. The van der Waals surface area contributed by atoms with Crippen molar-refractivity contribution in [3.63, 3.8) is 0 Å². The Morgan fingerprint density at radius 3 is 2.52 bits per heavy atom. The fourth-order valence-corrected chi connectivity index (χ4v) is 5.16. The minimum absolute atomic E-state index is 0.0507. The van der Waals surface area contributed by atoms with Crippen LogP contribution in [0, 0.1) is 0 Å². The fourth-order valence-electron chi connectivity index (χ4n) is 5.16. The van der Waals surface area contributed by atoms with Crippen molar-refractivity contribution in [3.05, 3.63) is 46.5 Å². The van der Waals surface area contributed by atoms with E-state index in [1.807, 2.05) is 0 Å². The Labute approximate surface area is 249 Å². The number of halogens is 3. The number of nitrogens with zero attached hydrogens (tertiary/aromatic N) is 5. The van der Waals surface area contributed by atoms with Crippen molar-refractivity contribution in [2.45, 2.75) is 75.9 Å². The van der Waals surface area contributed by atoms with Crippen LogP contribution in [0.3, 0.4) is 0 Å². The van der Waals surface area contributed by atoms with E-state index in [1.54, 1.807) is 43.7 Å². The highest BCUT2D eigenvalue weighted by molar-refractivity contribution is 6.00. The largest absolute Gasteiger partial charge is 0.443 e. The van der Waals surface area contributed by atoms with Gasteiger partial charge in [-0.05, 0) is 58.6 Å². The molecule has 13 nitrogen and oxygen atoms in total. The second-order valence-corrected chi connectivity index (χ2v) is 11.9. The van der Waals surface area contributed by atoms with E-state index < -0.39 is 41.8 Å². The Balaban J connectivity index is 1.53. The number of hydrogen-bond acceptors (Lipinski definition) is 9. The highest BCUT2D eigenvalue weighted by Gasteiger charge is 2.64. The first-order valence-electron chi connectivity index (χ1n) is 14.1. The van der Waals surface area contributed by atoms with Crippen LogP contribution >= 0.6 is 0 Å². The number of aromatic nitrogens is 4. The zero-order valence-corrected chi connectivity index (χ0v) is 24.6. The molecule has 3 aromatic rings. The van der Waals surface area contributed by atoms with Crippen LogP contribution in [-0.4, -0.2) is 80.0 Å². The molecule has 0 aromatic carbocycles. The lowest BCUT2D eigenvalue weighted by molar-refractivity contribution is -0.296. The van der Waals surface area contributed by atoms with Crippen LogP contribution in [0.4, 0.5) is 35.3 Å². The van der Waals surface area contributed by atoms with Crippen LogP contribution < -0.4 is 21.1 Å². The number of amides is 2. The number of carbonyl (C=O) groups is 2. The molecule has 2 aliphatic rings. The van der Waals surface area contributed by atoms with Gasteiger partial charge in [0, 0.05) is 38.6 Å². The van der Waals surface area contributed by atoms with Crippen molar-refractivity contribution in [1.82, 2.24) is 24.5 Å². The maximum Gasteiger partial charge on any atom is 0.419 e. The molecule has 3 aromatic heterocycles. The number of carbonyl (C=O) groups excluding carboxylic acids is 2. The third-order valence-corrected chi connectivity index (χ3v) is 7.72. The molecule has 3 N–H and O–H groups in total. The van der Waals surface area contributed by atoms with Gasteiger partial charge in [-0.1, -0.05) is 0 Å². The zero-order chi connectivity index (χ0) is 32.0. The number of anilines is 3. The standard InChI is InChI=1S/C28H34F3N7O6/c1-26(2,3)44-25(41)36(4)21-14-20(33-18-6-5-11-37(24(18)40)16-8-12-43-13-9-16)35-22-17(15-32-38(21)22)23(39)34-19-7-10-27(19,42)28(29,30)31/h5-6,11,14-16,19,42H,7-10,12-13H2,1-4H3,(H,33,35)(H,34,39)/t19?,27-/m1/s1. The summed E-state index contributed by atoms with van der Waals surface area (Å²) in [5.41, 5.74) is -4.38. The van der Waals surface area contributed by atoms with Gasteiger partial charge < -0.3 is 29.8 Å². The zero-order valence-electron chi connectivity index (χ0n) is 24.6. The molecule has 238 valence electrons. The molecule has 1 saturated heterocycles. The molecular formula is C28H34F3N7O6. The normalized spacial score (nSPS) is 21.0. The van der Waals surface area contributed by atoms with Gasteiger partial charge in [0.25, 0.3) is 11.5 Å². The monoisotopic (exact) mass is 621 g/mol. The Hall–Kier alpha value is -4.18. The summed E-state index contributed by atoms with van der Waals surface area (Å²) in [7, 11) is 1.41. The van der Waals surface area contributed by atoms with E-state index >= 15 is 0 Å². The molecule has 0 spiro atoms. The molecule has 44 heavy (non-hydrogen) atoms. The van der Waals surface area contributed by atoms with Gasteiger partial charge >= 0.3 is 12.3 Å². The third kappa shape index (κ3) is 5.95. The van der Waals surface area contributed by atoms with Gasteiger partial charge in [0.15, 0.2) is 11.2 Å². The average Bonchev–Trinajstić information content (AvgIpc) is 3.38. The van der Waals surface area contributed by atoms with Gasteiger partial charge in [0.1, 0.15) is 28.5 Å². The van der Waals surface area contributed by atoms with Crippen LogP contribution in [0.2, 0.25) is 0 Å². The maximum atomic E-state index is 13.4. The summed E-state index contributed by atoms with van der Waals surface area (Å²) in [6, 6.07) is 3.05. The number of alkyl halides is 3. The average molecular weight is 622 g/mol. The van der Waals surface area contributed by atoms with Crippen molar-refractivity contribution in [1.29, 1.82) is 0 Å². The SMILES string of the molecule is CN(C(=O)OC(C)(C)C)c1cc(Nc2cccn(C3CCOCC3)c2=O)nc2c(C(=O)NC3CC[C@]3(O)C(F)(F)F)cnn12. The highest BCUT2D eigenvalue weighted by atomic mass is 19.4. The Kier molecular flexibility index (Phi) is 8.09. The van der Waals surface area contributed by atoms with Gasteiger partial charge in [0.05, 0.1) is 12.2 Å². The summed E-state index contributed by atoms with van der Waals surface area (Å²) in [6.07, 6.45) is -2.21. The van der Waals surface area contributed by atoms with E-state index in [1.165, 1.54) is 13.1 Å². The number of aliphatic hydroxyl groups is 1. The molecule has 1 aliphatic heterocycles. The third-order valence-electron chi connectivity index (χ3n) is 7.72. The number of pyridine rings is 1. The number of ether oxygens (including phenoxy) is 2. The first-order valence-corrected chi connectivity index (χ1v) is 14.1. The quantitative estimate of drug-likeness (QED) is 0.375. The molecule has 4 heterocycles. The van der Waals surface area contributed by atoms with Crippen LogP contribution in [-0.2, 0) is 9.47 Å². The van der Waals surface area contributed by atoms with Crippen LogP contribution in [0.1, 0.15) is 62.9 Å². The second-order valence-electron chi connectivity index (χ2n) is 11.9. The van der Waals surface area contributed by atoms with E-state index in [9.17, 15) is 32.7 Å². The van der Waals surface area contributed by atoms with Gasteiger partial charge in [-0.2, -0.15) is 22.8 Å². The second kappa shape index (κ2) is 11.4. The summed E-state index contributed by atoms with van der Waals surface area (Å²) in [4.78, 5) is 45.2. The summed E-state index contributed by atoms with van der Waals surface area (Å²) >= 11 is 0. The Bertz CT molecular complexity index is 1630. The fraction of sp³-hybridized carbons (Fsp3) is 0.536. The van der Waals surface area contributed by atoms with Crippen LogP contribution in [0.5, 0.6) is 0 Å². The molecule has 1 saturated carbocycles. The lowest BCUT2D eigenvalue weighted by Gasteiger charge is -2.46. The van der Waals surface area contributed by atoms with Crippen molar-refractivity contribution < 1.29 is 37.3 Å². The van der Waals surface area contributed by atoms with E-state index in [-0.39, 0.29) is 46.6 Å². The summed E-state index contributed by atoms with van der Waals surface area (Å²) in [5, 5.41) is 19.5. The molecule has 2 atom stereocenters. The lowest BCUT2D eigenvalue weighted by atomic mass is 9.74. The van der Waals surface area contributed by atoms with Gasteiger partial charge in [0.2, 0.25) is 0 Å². The van der Waals surface area contributed by atoms with E-state index in [0.717, 1.165) is 15.6 Å². The van der Waals surface area contributed by atoms with Gasteiger partial charge in [-0.3, -0.25) is 14.5 Å². The number of rotatable bonds is 6. The molecule has 1 aliphatic carbocycles. The summed E-state index contributed by atoms with van der Waals surface area (Å²) in [6.45, 7) is 6.12. The first kappa shape index (κ1) is 31.3. The molecular weight excluding hydrogens is 587 g/mol. The molecule has 16 heteroatoms. The maximum absolute atomic E-state index is 13.4. The van der Waals surface area contributed by atoms with E-state index in [2.05, 4.69) is 20.7 Å². The predicted octanol–water partition coefficient (Wildman–Crippen LogP) is 3.54. The topological polar surface area (TPSA) is 152 Å². The lowest BCUT2D eigenvalue weighted by Crippen LogP contribution is -2.67. The van der Waals surface area contributed by atoms with E-state index in [4.69, 9.17) is 9.47 Å². The van der Waals surface area contributed by atoms with Crippen LogP contribution in [0.15, 0.2) is 35.4 Å². The van der Waals surface area contributed by atoms with Crippen molar-refractivity contribution in [2.24, 2.45) is 0 Å². The van der Waals surface area contributed by atoms with Crippen molar-refractivity contribution in [3.8, 4) is 0 Å². The molecule has 2 amide bonds. The molecule has 5 rings (SSSR count). The Morgan fingerprint density at radius 1 is 1.20 bits per heavy atom. The number of hydrogen-bond donors (Lipinski definition) is 3. The van der Waals surface area contributed by atoms with Crippen LogP contribution in [0.25, 0.3) is 5.65 Å². The van der Waals surface area contributed by atoms with Crippen molar-refractivity contribution in [2.75, 3.05) is 30.5 Å². The summed E-state index contributed by atoms with van der Waals surface area (Å²) < 4.78 is 53.9. The first-order chi connectivity index (χ1) is 20.6. The van der Waals surface area contributed by atoms with Gasteiger partial charge in [-0.25, -0.2) is 9.78 Å². The van der Waals surface area contributed by atoms with Gasteiger partial charge in [-0.15, -0.1) is 0 Å². The molecule has 0 bridgehead atoms. The van der Waals surface area contributed by atoms with Crippen molar-refractivity contribution >= 4 is 35.0 Å². The summed E-state index contributed by atoms with van der Waals surface area (Å²) in [5.74, 6) is -0.818. The highest BCUT2D eigenvalue weighted by Crippen LogP contribution is 2.45. The Morgan fingerprint density at radius 2 is 1.91 bits per heavy atom. The number of nitrogens with one attached hydrogen (secondary N) is 2.